The molecule has 2 aromatic carbocycles. The van der Waals surface area contributed by atoms with E-state index in [0.717, 1.165) is 49.6 Å². The molecule has 1 unspecified atom stereocenters. The fourth-order valence-electron chi connectivity index (χ4n) is 5.17. The van der Waals surface area contributed by atoms with Gasteiger partial charge >= 0.3 is 6.18 Å². The number of anilines is 1. The summed E-state index contributed by atoms with van der Waals surface area (Å²) in [7, 11) is 0. The van der Waals surface area contributed by atoms with Crippen molar-refractivity contribution in [2.24, 2.45) is 0 Å². The van der Waals surface area contributed by atoms with E-state index in [4.69, 9.17) is 9.47 Å². The Balaban J connectivity index is 1.19. The van der Waals surface area contributed by atoms with Crippen molar-refractivity contribution in [2.45, 2.75) is 63.8 Å². The van der Waals surface area contributed by atoms with Gasteiger partial charge in [-0.3, -0.25) is 13.4 Å². The third-order valence-electron chi connectivity index (χ3n) is 7.13. The van der Waals surface area contributed by atoms with E-state index in [9.17, 15) is 21.9 Å². The number of rotatable bonds is 9. The van der Waals surface area contributed by atoms with Gasteiger partial charge in [-0.1, -0.05) is 18.2 Å². The smallest absolute Gasteiger partial charge is 0.416 e. The van der Waals surface area contributed by atoms with E-state index < -0.39 is 28.6 Å². The topological polar surface area (TPSA) is 65.1 Å². The zero-order chi connectivity index (χ0) is 27.1. The molecule has 0 N–H and O–H groups in total. The van der Waals surface area contributed by atoms with Gasteiger partial charge in [0.05, 0.1) is 17.9 Å². The van der Waals surface area contributed by atoms with E-state index in [1.54, 1.807) is 12.1 Å². The Morgan fingerprint density at radius 2 is 2.03 bits per heavy atom. The molecule has 1 aliphatic carbocycles. The van der Waals surface area contributed by atoms with Gasteiger partial charge in [0.1, 0.15) is 5.60 Å². The molecule has 2 aromatic rings. The average Bonchev–Trinajstić information content (AvgIpc) is 3.62. The molecular weight excluding hydrogens is 517 g/mol. The van der Waals surface area contributed by atoms with Crippen LogP contribution in [-0.4, -0.2) is 51.5 Å². The molecule has 1 atom stereocenters. The summed E-state index contributed by atoms with van der Waals surface area (Å²) in [6.07, 6.45) is 1.46. The van der Waals surface area contributed by atoms with Crippen molar-refractivity contribution in [1.29, 1.82) is 0 Å². The maximum absolute atomic E-state index is 13.1. The number of hydrogen-bond donors (Lipinski definition) is 0. The van der Waals surface area contributed by atoms with Crippen LogP contribution in [0.1, 0.15) is 56.2 Å². The molecule has 1 fully saturated rings. The van der Waals surface area contributed by atoms with Gasteiger partial charge in [-0.05, 0) is 68.9 Å². The molecule has 0 saturated heterocycles. The molecule has 0 radical (unpaired) electrons. The van der Waals surface area contributed by atoms with Crippen molar-refractivity contribution in [3.05, 3.63) is 59.2 Å². The highest BCUT2D eigenvalue weighted by molar-refractivity contribution is 7.80. The van der Waals surface area contributed by atoms with Crippen LogP contribution >= 0.6 is 0 Å². The van der Waals surface area contributed by atoms with Crippen molar-refractivity contribution >= 4 is 22.5 Å². The van der Waals surface area contributed by atoms with Crippen LogP contribution in [0.15, 0.2) is 42.5 Å². The Morgan fingerprint density at radius 1 is 1.24 bits per heavy atom. The van der Waals surface area contributed by atoms with Crippen LogP contribution in [-0.2, 0) is 23.9 Å². The maximum atomic E-state index is 13.1. The van der Waals surface area contributed by atoms with E-state index >= 15 is 0 Å². The number of ether oxygens (including phenoxy) is 2. The summed E-state index contributed by atoms with van der Waals surface area (Å²) in [6.45, 7) is 6.63. The molecule has 0 amide bonds. The van der Waals surface area contributed by atoms with E-state index in [0.29, 0.717) is 48.7 Å². The van der Waals surface area contributed by atoms with Crippen LogP contribution in [0, 0.1) is 0 Å². The average molecular weight is 550 g/mol. The highest BCUT2D eigenvalue weighted by atomic mass is 32.2. The normalized spacial score (nSPS) is 19.9. The lowest BCUT2D eigenvalue weighted by molar-refractivity contribution is -0.137. The minimum absolute atomic E-state index is 0.00236. The Hall–Kier alpha value is -2.56. The fraction of sp³-hybridized carbons (Fsp3) is 0.500. The summed E-state index contributed by atoms with van der Waals surface area (Å²) in [5.41, 5.74) is 2.10. The first-order valence-electron chi connectivity index (χ1n) is 13.0. The molecule has 1 saturated carbocycles. The number of alkyl halides is 3. The molecule has 10 heteroatoms. The maximum Gasteiger partial charge on any atom is 0.416 e. The number of nitrogens with zero attached hydrogens (tertiary/aromatic N) is 2. The molecule has 6 nitrogen and oxygen atoms in total. The second-order valence-corrected chi connectivity index (χ2v) is 11.6. The quantitative estimate of drug-likeness (QED) is 0.295. The van der Waals surface area contributed by atoms with Crippen LogP contribution < -0.4 is 13.8 Å². The van der Waals surface area contributed by atoms with Gasteiger partial charge in [0.25, 0.3) is 0 Å². The van der Waals surface area contributed by atoms with Crippen LogP contribution in [0.3, 0.4) is 0 Å². The first kappa shape index (κ1) is 27.0. The van der Waals surface area contributed by atoms with Crippen molar-refractivity contribution in [3.63, 3.8) is 0 Å². The summed E-state index contributed by atoms with van der Waals surface area (Å²) in [5, 5.41) is 0. The first-order chi connectivity index (χ1) is 18.0. The van der Waals surface area contributed by atoms with E-state index in [1.165, 1.54) is 16.4 Å². The van der Waals surface area contributed by atoms with Gasteiger partial charge in [0.15, 0.2) is 11.5 Å². The lowest BCUT2D eigenvalue weighted by Crippen LogP contribution is -2.30. The molecular formula is C28H32F3N2O4S-. The molecule has 3 aliphatic rings. The summed E-state index contributed by atoms with van der Waals surface area (Å²) in [4.78, 5) is 2.25. The van der Waals surface area contributed by atoms with Gasteiger partial charge in [-0.25, -0.2) is 0 Å². The highest BCUT2D eigenvalue weighted by Crippen LogP contribution is 2.46. The summed E-state index contributed by atoms with van der Waals surface area (Å²) in [6, 6.07) is 9.16. The largest absolute Gasteiger partial charge is 0.755 e. The van der Waals surface area contributed by atoms with Crippen molar-refractivity contribution in [2.75, 3.05) is 30.5 Å². The van der Waals surface area contributed by atoms with Crippen molar-refractivity contribution in [1.82, 2.24) is 4.90 Å². The third kappa shape index (κ3) is 6.18. The molecule has 0 spiro atoms. The number of hydrogen-bond acceptors (Lipinski definition) is 5. The van der Waals surface area contributed by atoms with Gasteiger partial charge < -0.3 is 14.0 Å². The fourth-order valence-corrected chi connectivity index (χ4v) is 5.90. The Kier molecular flexibility index (Phi) is 7.50. The highest BCUT2D eigenvalue weighted by Gasteiger charge is 2.36. The van der Waals surface area contributed by atoms with Gasteiger partial charge in [-0.2, -0.15) is 13.2 Å². The molecule has 206 valence electrons. The van der Waals surface area contributed by atoms with Crippen LogP contribution in [0.5, 0.6) is 11.5 Å². The lowest BCUT2D eigenvalue weighted by Gasteiger charge is -2.28. The molecule has 2 heterocycles. The first-order valence-corrected chi connectivity index (χ1v) is 14.0. The molecule has 2 aliphatic heterocycles. The molecule has 0 bridgehead atoms. The van der Waals surface area contributed by atoms with Crippen molar-refractivity contribution in [3.8, 4) is 11.5 Å². The number of benzene rings is 2. The standard InChI is InChI=1S/C28H33F3N2O4S/c1-27(2)18-21-16-24(33(38(34)35)23-7-8-23)17-25(26(21)37-27)36-14-4-11-32-12-9-19(10-13-32)20-5-3-6-22(15-20)28(29,30)31/h3,5-6,9,15-17,23H,4,7-8,10-14,18H2,1-2H3,(H,34,35)/p-1. The molecule has 0 aromatic heterocycles. The van der Waals surface area contributed by atoms with Crippen molar-refractivity contribution < 1.29 is 31.4 Å². The van der Waals surface area contributed by atoms with Gasteiger partial charge in [-0.15, -0.1) is 0 Å². The van der Waals surface area contributed by atoms with Gasteiger partial charge in [0, 0.05) is 55.0 Å². The number of fused-ring (bicyclic) bond motifs is 1. The minimum Gasteiger partial charge on any atom is -0.755 e. The summed E-state index contributed by atoms with van der Waals surface area (Å²) in [5.74, 6) is 1.24. The zero-order valence-electron chi connectivity index (χ0n) is 21.6. The Morgan fingerprint density at radius 3 is 2.68 bits per heavy atom. The third-order valence-corrected chi connectivity index (χ3v) is 7.97. The van der Waals surface area contributed by atoms with Crippen LogP contribution in [0.2, 0.25) is 0 Å². The Labute approximate surface area is 223 Å². The predicted molar refractivity (Wildman–Crippen MR) is 140 cm³/mol. The molecule has 38 heavy (non-hydrogen) atoms. The minimum atomic E-state index is -4.35. The predicted octanol–water partition coefficient (Wildman–Crippen LogP) is 5.74. The lowest BCUT2D eigenvalue weighted by atomic mass is 9.97. The van der Waals surface area contributed by atoms with E-state index in [2.05, 4.69) is 4.90 Å². The number of halogens is 3. The van der Waals surface area contributed by atoms with Gasteiger partial charge in [0.2, 0.25) is 0 Å². The second kappa shape index (κ2) is 10.5. The van der Waals surface area contributed by atoms with E-state index in [-0.39, 0.29) is 6.04 Å². The Bertz CT molecular complexity index is 1240. The van der Waals surface area contributed by atoms with Crippen LogP contribution in [0.25, 0.3) is 5.57 Å². The summed E-state index contributed by atoms with van der Waals surface area (Å²) >= 11 is -2.36. The zero-order valence-corrected chi connectivity index (χ0v) is 22.4. The second-order valence-electron chi connectivity index (χ2n) is 10.8. The monoisotopic (exact) mass is 549 g/mol. The summed E-state index contributed by atoms with van der Waals surface area (Å²) < 4.78 is 76.7. The SMILES string of the molecule is CC1(C)Cc2cc(N(C3CC3)S(=O)[O-])cc(OCCCN3CC=C(c4cccc(C(F)(F)F)c4)CC3)c2O1. The van der Waals surface area contributed by atoms with E-state index in [1.807, 2.05) is 26.0 Å². The van der Waals surface area contributed by atoms with Crippen LogP contribution in [0.4, 0.5) is 18.9 Å². The molecule has 5 rings (SSSR count).